The fourth-order valence-electron chi connectivity index (χ4n) is 1.24. The van der Waals surface area contributed by atoms with Crippen molar-refractivity contribution in [2.75, 3.05) is 5.73 Å². The number of anilines is 1. The van der Waals surface area contributed by atoms with E-state index in [1.54, 1.807) is 12.4 Å². The second kappa shape index (κ2) is 3.73. The van der Waals surface area contributed by atoms with Crippen LogP contribution in [-0.2, 0) is 6.54 Å². The summed E-state index contributed by atoms with van der Waals surface area (Å²) in [7, 11) is 0. The Kier molecular flexibility index (Phi) is 2.43. The molecule has 0 radical (unpaired) electrons. The van der Waals surface area contributed by atoms with Crippen molar-refractivity contribution in [3.05, 3.63) is 29.4 Å². The van der Waals surface area contributed by atoms with Gasteiger partial charge in [0.15, 0.2) is 5.13 Å². The molecule has 2 aromatic rings. The minimum atomic E-state index is 0.465. The van der Waals surface area contributed by atoms with Crippen LogP contribution >= 0.6 is 11.3 Å². The van der Waals surface area contributed by atoms with E-state index in [9.17, 15) is 0 Å². The Bertz CT molecular complexity index is 424. The van der Waals surface area contributed by atoms with Crippen LogP contribution in [0.2, 0.25) is 0 Å². The van der Waals surface area contributed by atoms with Gasteiger partial charge in [0.2, 0.25) is 0 Å². The third-order valence-electron chi connectivity index (χ3n) is 1.85. The SMILES string of the molecule is NCc1sc(N)nc1-c1ccncc1. The zero-order valence-electron chi connectivity index (χ0n) is 7.47. The van der Waals surface area contributed by atoms with E-state index in [1.807, 2.05) is 12.1 Å². The summed E-state index contributed by atoms with van der Waals surface area (Å²) >= 11 is 1.43. The summed E-state index contributed by atoms with van der Waals surface area (Å²) in [6.07, 6.45) is 3.45. The standard InChI is InChI=1S/C9H10N4S/c10-5-7-8(13-9(11)14-7)6-1-3-12-4-2-6/h1-4H,5,10H2,(H2,11,13). The molecule has 0 saturated heterocycles. The van der Waals surface area contributed by atoms with Crippen molar-refractivity contribution in [2.45, 2.75) is 6.54 Å². The van der Waals surface area contributed by atoms with E-state index >= 15 is 0 Å². The fourth-order valence-corrected chi connectivity index (χ4v) is 1.98. The molecule has 0 spiro atoms. The largest absolute Gasteiger partial charge is 0.375 e. The molecule has 4 N–H and O–H groups in total. The summed E-state index contributed by atoms with van der Waals surface area (Å²) in [6.45, 7) is 0.465. The van der Waals surface area contributed by atoms with E-state index in [0.29, 0.717) is 11.7 Å². The Morgan fingerprint density at radius 2 is 2.00 bits per heavy atom. The summed E-state index contributed by atoms with van der Waals surface area (Å²) in [4.78, 5) is 9.19. The lowest BCUT2D eigenvalue weighted by atomic mass is 10.2. The van der Waals surface area contributed by atoms with Crippen LogP contribution in [0.5, 0.6) is 0 Å². The van der Waals surface area contributed by atoms with Crippen molar-refractivity contribution in [3.8, 4) is 11.3 Å². The van der Waals surface area contributed by atoms with Gasteiger partial charge in [0.1, 0.15) is 0 Å². The molecule has 4 nitrogen and oxygen atoms in total. The first-order valence-electron chi connectivity index (χ1n) is 4.17. The quantitative estimate of drug-likeness (QED) is 0.775. The van der Waals surface area contributed by atoms with Gasteiger partial charge in [-0.05, 0) is 12.1 Å². The predicted octanol–water partition coefficient (Wildman–Crippen LogP) is 1.25. The second-order valence-corrected chi connectivity index (χ2v) is 3.88. The topological polar surface area (TPSA) is 77.8 Å². The molecule has 0 aliphatic heterocycles. The molecule has 2 rings (SSSR count). The molecular weight excluding hydrogens is 196 g/mol. The molecule has 0 aliphatic rings. The van der Waals surface area contributed by atoms with Crippen molar-refractivity contribution in [1.82, 2.24) is 9.97 Å². The third-order valence-corrected chi connectivity index (χ3v) is 2.76. The van der Waals surface area contributed by atoms with Gasteiger partial charge in [-0.2, -0.15) is 0 Å². The van der Waals surface area contributed by atoms with Gasteiger partial charge in [0, 0.05) is 29.4 Å². The molecule has 0 aromatic carbocycles. The number of hydrogen-bond acceptors (Lipinski definition) is 5. The highest BCUT2D eigenvalue weighted by Gasteiger charge is 2.09. The van der Waals surface area contributed by atoms with Gasteiger partial charge in [-0.15, -0.1) is 11.3 Å². The van der Waals surface area contributed by atoms with Gasteiger partial charge in [0.05, 0.1) is 5.69 Å². The van der Waals surface area contributed by atoms with Crippen LogP contribution in [0, 0.1) is 0 Å². The first kappa shape index (κ1) is 9.11. The van der Waals surface area contributed by atoms with Gasteiger partial charge in [-0.1, -0.05) is 0 Å². The molecule has 5 heteroatoms. The monoisotopic (exact) mass is 206 g/mol. The van der Waals surface area contributed by atoms with Crippen LogP contribution in [0.3, 0.4) is 0 Å². The van der Waals surface area contributed by atoms with Crippen LogP contribution in [0.1, 0.15) is 4.88 Å². The van der Waals surface area contributed by atoms with E-state index in [2.05, 4.69) is 9.97 Å². The Morgan fingerprint density at radius 1 is 1.29 bits per heavy atom. The normalized spacial score (nSPS) is 10.4. The minimum Gasteiger partial charge on any atom is -0.375 e. The number of nitrogens with zero attached hydrogens (tertiary/aromatic N) is 2. The molecule has 0 bridgehead atoms. The Balaban J connectivity index is 2.51. The summed E-state index contributed by atoms with van der Waals surface area (Å²) in [6, 6.07) is 3.79. The van der Waals surface area contributed by atoms with Crippen molar-refractivity contribution < 1.29 is 0 Å². The van der Waals surface area contributed by atoms with E-state index in [4.69, 9.17) is 11.5 Å². The molecule has 0 saturated carbocycles. The molecular formula is C9H10N4S. The smallest absolute Gasteiger partial charge is 0.180 e. The van der Waals surface area contributed by atoms with Crippen LogP contribution in [0.4, 0.5) is 5.13 Å². The number of hydrogen-bond donors (Lipinski definition) is 2. The zero-order chi connectivity index (χ0) is 9.97. The molecule has 0 unspecified atom stereocenters. The number of nitrogen functional groups attached to an aromatic ring is 1. The number of nitrogens with two attached hydrogens (primary N) is 2. The highest BCUT2D eigenvalue weighted by Crippen LogP contribution is 2.28. The van der Waals surface area contributed by atoms with Gasteiger partial charge in [-0.25, -0.2) is 4.98 Å². The van der Waals surface area contributed by atoms with Crippen LogP contribution < -0.4 is 11.5 Å². The lowest BCUT2D eigenvalue weighted by molar-refractivity contribution is 1.10. The Hall–Kier alpha value is -1.46. The average molecular weight is 206 g/mol. The first-order valence-corrected chi connectivity index (χ1v) is 4.98. The highest BCUT2D eigenvalue weighted by molar-refractivity contribution is 7.15. The molecule has 0 amide bonds. The number of rotatable bonds is 2. The fraction of sp³-hybridized carbons (Fsp3) is 0.111. The maximum Gasteiger partial charge on any atom is 0.180 e. The molecule has 0 aliphatic carbocycles. The number of aromatic nitrogens is 2. The third kappa shape index (κ3) is 1.59. The van der Waals surface area contributed by atoms with Crippen LogP contribution in [0.25, 0.3) is 11.3 Å². The first-order chi connectivity index (χ1) is 6.81. The number of thiazole rings is 1. The Labute approximate surface area is 85.6 Å². The van der Waals surface area contributed by atoms with Gasteiger partial charge >= 0.3 is 0 Å². The number of pyridine rings is 1. The summed E-state index contributed by atoms with van der Waals surface area (Å²) in [5.41, 5.74) is 13.1. The maximum absolute atomic E-state index is 5.63. The molecule has 2 aromatic heterocycles. The molecule has 14 heavy (non-hydrogen) atoms. The zero-order valence-corrected chi connectivity index (χ0v) is 8.29. The van der Waals surface area contributed by atoms with Crippen molar-refractivity contribution >= 4 is 16.5 Å². The van der Waals surface area contributed by atoms with E-state index < -0.39 is 0 Å². The van der Waals surface area contributed by atoms with Crippen molar-refractivity contribution in [3.63, 3.8) is 0 Å². The van der Waals surface area contributed by atoms with Gasteiger partial charge < -0.3 is 11.5 Å². The van der Waals surface area contributed by atoms with Gasteiger partial charge in [0.25, 0.3) is 0 Å². The van der Waals surface area contributed by atoms with E-state index in [1.165, 1.54) is 11.3 Å². The highest BCUT2D eigenvalue weighted by atomic mass is 32.1. The molecule has 0 fully saturated rings. The van der Waals surface area contributed by atoms with Gasteiger partial charge in [-0.3, -0.25) is 4.98 Å². The van der Waals surface area contributed by atoms with Crippen LogP contribution in [0.15, 0.2) is 24.5 Å². The maximum atomic E-state index is 5.63. The Morgan fingerprint density at radius 3 is 2.64 bits per heavy atom. The lowest BCUT2D eigenvalue weighted by Gasteiger charge is -1.97. The molecule has 72 valence electrons. The summed E-state index contributed by atoms with van der Waals surface area (Å²) < 4.78 is 0. The van der Waals surface area contributed by atoms with Crippen molar-refractivity contribution in [2.24, 2.45) is 5.73 Å². The molecule has 0 atom stereocenters. The molecule has 2 heterocycles. The predicted molar refractivity (Wildman–Crippen MR) is 57.6 cm³/mol. The van der Waals surface area contributed by atoms with Crippen molar-refractivity contribution in [1.29, 1.82) is 0 Å². The summed E-state index contributed by atoms with van der Waals surface area (Å²) in [5.74, 6) is 0. The van der Waals surface area contributed by atoms with E-state index in [-0.39, 0.29) is 0 Å². The van der Waals surface area contributed by atoms with E-state index in [0.717, 1.165) is 16.1 Å². The minimum absolute atomic E-state index is 0.465. The second-order valence-electron chi connectivity index (χ2n) is 2.76. The van der Waals surface area contributed by atoms with Crippen LogP contribution in [-0.4, -0.2) is 9.97 Å². The lowest BCUT2D eigenvalue weighted by Crippen LogP contribution is -1.95. The average Bonchev–Trinajstić information content (AvgIpc) is 2.61. The summed E-state index contributed by atoms with van der Waals surface area (Å²) in [5, 5.41) is 0.553.